The van der Waals surface area contributed by atoms with Gasteiger partial charge in [0.1, 0.15) is 0 Å². The van der Waals surface area contributed by atoms with Crippen molar-refractivity contribution in [1.82, 2.24) is 15.1 Å². The second kappa shape index (κ2) is 8.68. The van der Waals surface area contributed by atoms with Crippen LogP contribution in [-0.4, -0.2) is 59.2 Å². The maximum atomic E-state index is 12.7. The van der Waals surface area contributed by atoms with Crippen molar-refractivity contribution in [3.05, 3.63) is 0 Å². The SMILES string of the molecule is CCN(CC)C(=O)C1CCCN(C(=O)CCC2(CC)CCC(=O)N2)C1. The summed E-state index contributed by atoms with van der Waals surface area (Å²) < 4.78 is 0. The fraction of sp³-hybridized carbons (Fsp3) is 0.842. The van der Waals surface area contributed by atoms with Crippen LogP contribution < -0.4 is 5.32 Å². The van der Waals surface area contributed by atoms with E-state index in [-0.39, 0.29) is 29.2 Å². The predicted octanol–water partition coefficient (Wildman–Crippen LogP) is 1.93. The molecule has 0 saturated carbocycles. The van der Waals surface area contributed by atoms with Crippen molar-refractivity contribution in [3.8, 4) is 0 Å². The molecule has 0 spiro atoms. The lowest BCUT2D eigenvalue weighted by Crippen LogP contribution is -2.47. The molecule has 2 saturated heterocycles. The normalized spacial score (nSPS) is 26.4. The number of hydrogen-bond donors (Lipinski definition) is 1. The lowest BCUT2D eigenvalue weighted by atomic mass is 9.88. The van der Waals surface area contributed by atoms with Crippen LogP contribution in [0.4, 0.5) is 0 Å². The molecule has 0 aromatic rings. The van der Waals surface area contributed by atoms with Crippen LogP contribution in [0.25, 0.3) is 0 Å². The molecule has 0 aromatic carbocycles. The minimum atomic E-state index is -0.209. The molecule has 2 aliphatic rings. The fourth-order valence-corrected chi connectivity index (χ4v) is 4.11. The molecule has 3 amide bonds. The van der Waals surface area contributed by atoms with Gasteiger partial charge in [0.05, 0.1) is 5.92 Å². The zero-order valence-corrected chi connectivity index (χ0v) is 16.0. The maximum absolute atomic E-state index is 12.7. The van der Waals surface area contributed by atoms with Crippen LogP contribution in [0.15, 0.2) is 0 Å². The number of rotatable bonds is 7. The topological polar surface area (TPSA) is 69.7 Å². The number of likely N-dealkylation sites (tertiary alicyclic amines) is 1. The zero-order chi connectivity index (χ0) is 18.4. The average Bonchev–Trinajstić information content (AvgIpc) is 3.02. The third-order valence-corrected chi connectivity index (χ3v) is 5.93. The first-order valence-corrected chi connectivity index (χ1v) is 9.82. The molecule has 0 aliphatic carbocycles. The third kappa shape index (κ3) is 4.73. The van der Waals surface area contributed by atoms with Crippen LogP contribution in [0, 0.1) is 5.92 Å². The molecule has 2 aliphatic heterocycles. The Kier molecular flexibility index (Phi) is 6.85. The molecular formula is C19H33N3O3. The molecule has 2 atom stereocenters. The van der Waals surface area contributed by atoms with Crippen molar-refractivity contribution >= 4 is 17.7 Å². The van der Waals surface area contributed by atoms with E-state index >= 15 is 0 Å². The number of piperidine rings is 1. The summed E-state index contributed by atoms with van der Waals surface area (Å²) in [6, 6.07) is 0. The maximum Gasteiger partial charge on any atom is 0.227 e. The van der Waals surface area contributed by atoms with Crippen molar-refractivity contribution in [2.45, 2.75) is 71.3 Å². The first-order chi connectivity index (χ1) is 11.9. The Labute approximate surface area is 151 Å². The van der Waals surface area contributed by atoms with Gasteiger partial charge in [0.15, 0.2) is 0 Å². The Morgan fingerprint density at radius 1 is 1.28 bits per heavy atom. The molecule has 2 fully saturated rings. The Balaban J connectivity index is 1.89. The monoisotopic (exact) mass is 351 g/mol. The van der Waals surface area contributed by atoms with Crippen molar-refractivity contribution in [2.75, 3.05) is 26.2 Å². The minimum absolute atomic E-state index is 0.0658. The van der Waals surface area contributed by atoms with Gasteiger partial charge in [-0.2, -0.15) is 0 Å². The highest BCUT2D eigenvalue weighted by atomic mass is 16.2. The number of nitrogens with one attached hydrogen (secondary N) is 1. The average molecular weight is 351 g/mol. The van der Waals surface area contributed by atoms with Crippen LogP contribution in [0.1, 0.15) is 65.7 Å². The van der Waals surface area contributed by atoms with Gasteiger partial charge in [-0.25, -0.2) is 0 Å². The molecular weight excluding hydrogens is 318 g/mol. The summed E-state index contributed by atoms with van der Waals surface area (Å²) in [6.45, 7) is 8.78. The molecule has 142 valence electrons. The van der Waals surface area contributed by atoms with E-state index in [1.54, 1.807) is 0 Å². The fourth-order valence-electron chi connectivity index (χ4n) is 4.11. The summed E-state index contributed by atoms with van der Waals surface area (Å²) in [6.07, 6.45) is 5.13. The Hall–Kier alpha value is -1.59. The van der Waals surface area contributed by atoms with Crippen molar-refractivity contribution in [3.63, 3.8) is 0 Å². The molecule has 6 heteroatoms. The van der Waals surface area contributed by atoms with E-state index in [2.05, 4.69) is 12.2 Å². The summed E-state index contributed by atoms with van der Waals surface area (Å²) in [4.78, 5) is 40.5. The predicted molar refractivity (Wildman–Crippen MR) is 96.9 cm³/mol. The van der Waals surface area contributed by atoms with Gasteiger partial charge in [0.25, 0.3) is 0 Å². The van der Waals surface area contributed by atoms with Crippen molar-refractivity contribution < 1.29 is 14.4 Å². The molecule has 1 N–H and O–H groups in total. The van der Waals surface area contributed by atoms with Crippen LogP contribution in [0.5, 0.6) is 0 Å². The highest BCUT2D eigenvalue weighted by Crippen LogP contribution is 2.29. The Morgan fingerprint density at radius 3 is 2.56 bits per heavy atom. The minimum Gasteiger partial charge on any atom is -0.351 e. The van der Waals surface area contributed by atoms with E-state index in [1.165, 1.54) is 0 Å². The summed E-state index contributed by atoms with van der Waals surface area (Å²) in [7, 11) is 0. The first-order valence-electron chi connectivity index (χ1n) is 9.82. The van der Waals surface area contributed by atoms with Gasteiger partial charge in [0.2, 0.25) is 17.7 Å². The number of carbonyl (C=O) groups is 3. The second-order valence-electron chi connectivity index (χ2n) is 7.37. The third-order valence-electron chi connectivity index (χ3n) is 5.93. The highest BCUT2D eigenvalue weighted by Gasteiger charge is 2.37. The van der Waals surface area contributed by atoms with Gasteiger partial charge < -0.3 is 15.1 Å². The van der Waals surface area contributed by atoms with Crippen LogP contribution >= 0.6 is 0 Å². The summed E-state index contributed by atoms with van der Waals surface area (Å²) >= 11 is 0. The Morgan fingerprint density at radius 2 is 2.00 bits per heavy atom. The van der Waals surface area contributed by atoms with Crippen molar-refractivity contribution in [2.24, 2.45) is 5.92 Å². The van der Waals surface area contributed by atoms with E-state index in [0.29, 0.717) is 25.8 Å². The van der Waals surface area contributed by atoms with E-state index in [1.807, 2.05) is 23.6 Å². The van der Waals surface area contributed by atoms with E-state index in [0.717, 1.165) is 45.3 Å². The number of hydrogen-bond acceptors (Lipinski definition) is 3. The first kappa shape index (κ1) is 19.7. The van der Waals surface area contributed by atoms with Gasteiger partial charge in [-0.05, 0) is 46.0 Å². The van der Waals surface area contributed by atoms with Crippen LogP contribution in [0.3, 0.4) is 0 Å². The molecule has 0 bridgehead atoms. The molecule has 0 aromatic heterocycles. The van der Waals surface area contributed by atoms with Gasteiger partial charge >= 0.3 is 0 Å². The lowest BCUT2D eigenvalue weighted by Gasteiger charge is -2.35. The lowest BCUT2D eigenvalue weighted by molar-refractivity contribution is -0.141. The van der Waals surface area contributed by atoms with Crippen LogP contribution in [0.2, 0.25) is 0 Å². The van der Waals surface area contributed by atoms with Crippen molar-refractivity contribution in [1.29, 1.82) is 0 Å². The molecule has 2 unspecified atom stereocenters. The zero-order valence-electron chi connectivity index (χ0n) is 16.0. The quantitative estimate of drug-likeness (QED) is 0.762. The number of nitrogens with zero attached hydrogens (tertiary/aromatic N) is 2. The summed E-state index contributed by atoms with van der Waals surface area (Å²) in [5.41, 5.74) is -0.209. The van der Waals surface area contributed by atoms with Gasteiger partial charge in [-0.3, -0.25) is 14.4 Å². The van der Waals surface area contributed by atoms with E-state index in [9.17, 15) is 14.4 Å². The molecule has 0 radical (unpaired) electrons. The van der Waals surface area contributed by atoms with E-state index in [4.69, 9.17) is 0 Å². The summed E-state index contributed by atoms with van der Waals surface area (Å²) in [5, 5.41) is 3.06. The molecule has 2 heterocycles. The highest BCUT2D eigenvalue weighted by molar-refractivity contribution is 5.82. The van der Waals surface area contributed by atoms with Gasteiger partial charge in [-0.15, -0.1) is 0 Å². The smallest absolute Gasteiger partial charge is 0.227 e. The number of carbonyl (C=O) groups excluding carboxylic acids is 3. The molecule has 2 rings (SSSR count). The Bertz CT molecular complexity index is 504. The van der Waals surface area contributed by atoms with Crippen LogP contribution in [-0.2, 0) is 14.4 Å². The largest absolute Gasteiger partial charge is 0.351 e. The van der Waals surface area contributed by atoms with E-state index < -0.39 is 0 Å². The summed E-state index contributed by atoms with van der Waals surface area (Å²) in [5.74, 6) is 0.322. The molecule has 6 nitrogen and oxygen atoms in total. The number of amides is 3. The second-order valence-corrected chi connectivity index (χ2v) is 7.37. The van der Waals surface area contributed by atoms with Gasteiger partial charge in [0, 0.05) is 44.6 Å². The molecule has 25 heavy (non-hydrogen) atoms. The van der Waals surface area contributed by atoms with Gasteiger partial charge in [-0.1, -0.05) is 6.92 Å². The standard InChI is InChI=1S/C19H33N3O3/c1-4-19(11-9-16(23)20-19)12-10-17(24)22-13-7-8-15(14-22)18(25)21(5-2)6-3/h15H,4-14H2,1-3H3,(H,20,23).